The zero-order valence-electron chi connectivity index (χ0n) is 16.4. The van der Waals surface area contributed by atoms with Gasteiger partial charge in [0.25, 0.3) is 0 Å². The van der Waals surface area contributed by atoms with Gasteiger partial charge >= 0.3 is 6.09 Å². The fourth-order valence-electron chi connectivity index (χ4n) is 2.74. The molecule has 1 aliphatic heterocycles. The molecule has 0 aromatic heterocycles. The van der Waals surface area contributed by atoms with Crippen LogP contribution in [0.4, 0.5) is 23.7 Å². The standard InChI is InChI=1S/C18H27F3N2O3Si/c1-18(2,3)27(4,5)26-11-13-10-22(17(24)25)6-7-23(13)12-8-14(19)16(21)15(20)9-12/h8-9,13H,6-7,10-11H2,1-5H3,(H,24,25)/t13-/m0/s1. The predicted molar refractivity (Wildman–Crippen MR) is 100 cm³/mol. The molecule has 0 aliphatic carbocycles. The van der Waals surface area contributed by atoms with Crippen LogP contribution in [0.3, 0.4) is 0 Å². The quantitative estimate of drug-likeness (QED) is 0.601. The van der Waals surface area contributed by atoms with Gasteiger partial charge in [-0.2, -0.15) is 0 Å². The highest BCUT2D eigenvalue weighted by atomic mass is 28.4. The summed E-state index contributed by atoms with van der Waals surface area (Å²) in [4.78, 5) is 14.3. The molecular formula is C18H27F3N2O3Si. The summed E-state index contributed by atoms with van der Waals surface area (Å²) in [6, 6.07) is 1.45. The largest absolute Gasteiger partial charge is 0.465 e. The van der Waals surface area contributed by atoms with Crippen molar-refractivity contribution in [2.45, 2.75) is 44.9 Å². The Labute approximate surface area is 158 Å². The molecule has 1 aromatic rings. The lowest BCUT2D eigenvalue weighted by molar-refractivity contribution is 0.125. The minimum atomic E-state index is -2.10. The van der Waals surface area contributed by atoms with Crippen molar-refractivity contribution in [2.75, 3.05) is 31.1 Å². The van der Waals surface area contributed by atoms with Gasteiger partial charge in [-0.3, -0.25) is 0 Å². The first-order chi connectivity index (χ1) is 12.3. The van der Waals surface area contributed by atoms with E-state index in [1.165, 1.54) is 4.90 Å². The molecule has 152 valence electrons. The summed E-state index contributed by atoms with van der Waals surface area (Å²) in [5, 5.41) is 9.27. The van der Waals surface area contributed by atoms with Crippen LogP contribution < -0.4 is 4.90 Å². The smallest absolute Gasteiger partial charge is 0.407 e. The molecule has 0 bridgehead atoms. The van der Waals surface area contributed by atoms with E-state index in [0.717, 1.165) is 12.1 Å². The molecule has 0 saturated carbocycles. The molecular weight excluding hydrogens is 377 g/mol. The molecule has 0 spiro atoms. The lowest BCUT2D eigenvalue weighted by atomic mass is 10.1. The topological polar surface area (TPSA) is 53.0 Å². The second-order valence-corrected chi connectivity index (χ2v) is 13.2. The van der Waals surface area contributed by atoms with Gasteiger partial charge < -0.3 is 19.3 Å². The lowest BCUT2D eigenvalue weighted by Crippen LogP contribution is -2.57. The second kappa shape index (κ2) is 7.71. The number of anilines is 1. The van der Waals surface area contributed by atoms with Crippen molar-refractivity contribution in [1.82, 2.24) is 4.90 Å². The SMILES string of the molecule is CC(C)(C)[Si](C)(C)OC[C@@H]1CN(C(=O)O)CCN1c1cc(F)c(F)c(F)c1. The van der Waals surface area contributed by atoms with Crippen molar-refractivity contribution in [3.63, 3.8) is 0 Å². The number of amides is 1. The van der Waals surface area contributed by atoms with Gasteiger partial charge in [0.1, 0.15) is 0 Å². The van der Waals surface area contributed by atoms with Crippen molar-refractivity contribution in [3.05, 3.63) is 29.6 Å². The first kappa shape index (κ1) is 21.6. The van der Waals surface area contributed by atoms with E-state index in [4.69, 9.17) is 4.43 Å². The molecule has 1 aliphatic rings. The van der Waals surface area contributed by atoms with Crippen molar-refractivity contribution < 1.29 is 27.5 Å². The maximum absolute atomic E-state index is 13.7. The van der Waals surface area contributed by atoms with Crippen LogP contribution in [0.25, 0.3) is 0 Å². The molecule has 1 atom stereocenters. The third-order valence-electron chi connectivity index (χ3n) is 5.50. The van der Waals surface area contributed by atoms with Gasteiger partial charge in [-0.05, 0) is 18.1 Å². The maximum Gasteiger partial charge on any atom is 0.407 e. The summed E-state index contributed by atoms with van der Waals surface area (Å²) in [5.41, 5.74) is 0.181. The third kappa shape index (κ3) is 4.76. The highest BCUT2D eigenvalue weighted by Gasteiger charge is 2.39. The number of benzene rings is 1. The fourth-order valence-corrected chi connectivity index (χ4v) is 3.78. The molecule has 1 aromatic carbocycles. The second-order valence-electron chi connectivity index (χ2n) is 8.37. The van der Waals surface area contributed by atoms with Gasteiger partial charge in [-0.1, -0.05) is 20.8 Å². The Hall–Kier alpha value is -1.74. The van der Waals surface area contributed by atoms with E-state index in [9.17, 15) is 23.1 Å². The summed E-state index contributed by atoms with van der Waals surface area (Å²) >= 11 is 0. The van der Waals surface area contributed by atoms with E-state index in [0.29, 0.717) is 0 Å². The first-order valence-electron chi connectivity index (χ1n) is 8.86. The highest BCUT2D eigenvalue weighted by molar-refractivity contribution is 6.74. The third-order valence-corrected chi connectivity index (χ3v) is 10.00. The van der Waals surface area contributed by atoms with E-state index >= 15 is 0 Å². The first-order valence-corrected chi connectivity index (χ1v) is 11.8. The number of carboxylic acid groups (broad SMARTS) is 1. The molecule has 9 heteroatoms. The van der Waals surface area contributed by atoms with Gasteiger partial charge in [0, 0.05) is 37.5 Å². The molecule has 1 N–H and O–H groups in total. The lowest BCUT2D eigenvalue weighted by Gasteiger charge is -2.44. The summed E-state index contributed by atoms with van der Waals surface area (Å²) < 4.78 is 46.9. The molecule has 1 fully saturated rings. The van der Waals surface area contributed by atoms with Gasteiger partial charge in [0.2, 0.25) is 0 Å². The average molecular weight is 405 g/mol. The van der Waals surface area contributed by atoms with Crippen LogP contribution in [0.15, 0.2) is 12.1 Å². The van der Waals surface area contributed by atoms with E-state index in [1.54, 1.807) is 4.90 Å². The highest BCUT2D eigenvalue weighted by Crippen LogP contribution is 2.37. The Bertz CT molecular complexity index is 687. The molecule has 1 heterocycles. The minimum absolute atomic E-state index is 0.0346. The van der Waals surface area contributed by atoms with Gasteiger partial charge in [0.05, 0.1) is 12.6 Å². The van der Waals surface area contributed by atoms with Crippen molar-refractivity contribution in [2.24, 2.45) is 0 Å². The summed E-state index contributed by atoms with van der Waals surface area (Å²) in [7, 11) is -2.10. The summed E-state index contributed by atoms with van der Waals surface area (Å²) in [6.45, 7) is 11.2. The van der Waals surface area contributed by atoms with Crippen molar-refractivity contribution in [1.29, 1.82) is 0 Å². The predicted octanol–water partition coefficient (Wildman–Crippen LogP) is 4.29. The number of hydrogen-bond acceptors (Lipinski definition) is 3. The minimum Gasteiger partial charge on any atom is -0.465 e. The Morgan fingerprint density at radius 1 is 1.22 bits per heavy atom. The average Bonchev–Trinajstić information content (AvgIpc) is 2.56. The van der Waals surface area contributed by atoms with E-state index < -0.39 is 37.9 Å². The molecule has 27 heavy (non-hydrogen) atoms. The number of nitrogens with zero attached hydrogens (tertiary/aromatic N) is 2. The normalized spacial score (nSPS) is 18.7. The fraction of sp³-hybridized carbons (Fsp3) is 0.611. The van der Waals surface area contributed by atoms with Crippen LogP contribution in [-0.2, 0) is 4.43 Å². The molecule has 0 radical (unpaired) electrons. The zero-order valence-corrected chi connectivity index (χ0v) is 17.4. The van der Waals surface area contributed by atoms with E-state index in [-0.39, 0.29) is 37.0 Å². The number of hydrogen-bond donors (Lipinski definition) is 1. The number of carbonyl (C=O) groups is 1. The van der Waals surface area contributed by atoms with Gasteiger partial charge in [-0.25, -0.2) is 18.0 Å². The molecule has 5 nitrogen and oxygen atoms in total. The monoisotopic (exact) mass is 404 g/mol. The van der Waals surface area contributed by atoms with Gasteiger partial charge in [-0.15, -0.1) is 0 Å². The maximum atomic E-state index is 13.7. The van der Waals surface area contributed by atoms with Crippen LogP contribution in [-0.4, -0.2) is 56.7 Å². The van der Waals surface area contributed by atoms with Crippen LogP contribution in [0.2, 0.25) is 18.1 Å². The van der Waals surface area contributed by atoms with Crippen LogP contribution in [0, 0.1) is 17.5 Å². The van der Waals surface area contributed by atoms with Crippen LogP contribution in [0.1, 0.15) is 20.8 Å². The Morgan fingerprint density at radius 3 is 2.26 bits per heavy atom. The molecule has 1 amide bonds. The zero-order chi connectivity index (χ0) is 20.6. The van der Waals surface area contributed by atoms with Crippen LogP contribution >= 0.6 is 0 Å². The number of piperazine rings is 1. The Kier molecular flexibility index (Phi) is 6.15. The molecule has 2 rings (SSSR count). The van der Waals surface area contributed by atoms with Crippen molar-refractivity contribution >= 4 is 20.1 Å². The molecule has 1 saturated heterocycles. The Balaban J connectivity index is 2.27. The summed E-state index contributed by atoms with van der Waals surface area (Å²) in [6.07, 6.45) is -1.05. The van der Waals surface area contributed by atoms with Crippen LogP contribution in [0.5, 0.6) is 0 Å². The Morgan fingerprint density at radius 2 is 1.78 bits per heavy atom. The van der Waals surface area contributed by atoms with E-state index in [2.05, 4.69) is 33.9 Å². The molecule has 0 unspecified atom stereocenters. The summed E-state index contributed by atoms with van der Waals surface area (Å²) in [5.74, 6) is -4.05. The van der Waals surface area contributed by atoms with E-state index in [1.807, 2.05) is 0 Å². The number of halogens is 3. The van der Waals surface area contributed by atoms with Crippen molar-refractivity contribution in [3.8, 4) is 0 Å². The number of rotatable bonds is 4. The van der Waals surface area contributed by atoms with Gasteiger partial charge in [0.15, 0.2) is 25.8 Å².